The summed E-state index contributed by atoms with van der Waals surface area (Å²) in [5.74, 6) is 0.360. The van der Waals surface area contributed by atoms with E-state index < -0.39 is 15.9 Å². The molecule has 168 valence electrons. The van der Waals surface area contributed by atoms with E-state index in [1.807, 2.05) is 0 Å². The summed E-state index contributed by atoms with van der Waals surface area (Å²) >= 11 is 29.3. The molecule has 0 saturated carbocycles. The van der Waals surface area contributed by atoms with Crippen LogP contribution in [0.25, 0.3) is 0 Å². The Morgan fingerprint density at radius 2 is 1.52 bits per heavy atom. The Morgan fingerprint density at radius 1 is 0.968 bits per heavy atom. The number of anilines is 1. The molecule has 2 aromatic carbocycles. The van der Waals surface area contributed by atoms with Crippen molar-refractivity contribution in [2.75, 3.05) is 26.6 Å². The van der Waals surface area contributed by atoms with Crippen molar-refractivity contribution < 1.29 is 19.0 Å². The molecule has 0 aliphatic carbocycles. The van der Waals surface area contributed by atoms with Gasteiger partial charge in [0.05, 0.1) is 21.3 Å². The number of alkyl halides is 3. The molecule has 0 saturated heterocycles. The second kappa shape index (κ2) is 11.2. The monoisotopic (exact) mass is 525 g/mol. The van der Waals surface area contributed by atoms with Crippen molar-refractivity contribution in [3.8, 4) is 17.2 Å². The third-order valence-electron chi connectivity index (χ3n) is 3.91. The number of amides is 1. The highest BCUT2D eigenvalue weighted by molar-refractivity contribution is 7.80. The quantitative estimate of drug-likeness (QED) is 0.272. The second-order valence-electron chi connectivity index (χ2n) is 5.97. The molecule has 1 unspecified atom stereocenters. The van der Waals surface area contributed by atoms with E-state index in [0.29, 0.717) is 28.0 Å². The zero-order valence-electron chi connectivity index (χ0n) is 16.6. The van der Waals surface area contributed by atoms with Crippen LogP contribution in [0, 0.1) is 0 Å². The summed E-state index contributed by atoms with van der Waals surface area (Å²) in [4.78, 5) is 12.9. The summed E-state index contributed by atoms with van der Waals surface area (Å²) < 4.78 is 13.8. The number of hydrogen-bond donors (Lipinski definition) is 3. The van der Waals surface area contributed by atoms with Crippen LogP contribution in [-0.4, -0.2) is 42.3 Å². The summed E-state index contributed by atoms with van der Waals surface area (Å²) in [6.07, 6.45) is -1.17. The fraction of sp³-hybridized carbons (Fsp3) is 0.263. The lowest BCUT2D eigenvalue weighted by molar-refractivity contribution is 0.0933. The van der Waals surface area contributed by atoms with Crippen molar-refractivity contribution in [3.05, 3.63) is 47.0 Å². The van der Waals surface area contributed by atoms with E-state index >= 15 is 0 Å². The molecule has 1 atom stereocenters. The SMILES string of the molecule is COc1cc(C(=O)NC(NC(=S)Nc2ccc(Cl)cc2)C(Cl)(Cl)Cl)cc(OC)c1OC. The Kier molecular flexibility index (Phi) is 9.14. The van der Waals surface area contributed by atoms with Crippen LogP contribution in [0.15, 0.2) is 36.4 Å². The summed E-state index contributed by atoms with van der Waals surface area (Å²) in [6, 6.07) is 9.74. The number of nitrogens with one attached hydrogen (secondary N) is 3. The summed E-state index contributed by atoms with van der Waals surface area (Å²) in [5, 5.41) is 8.97. The Hall–Kier alpha value is -1.84. The maximum absolute atomic E-state index is 12.9. The van der Waals surface area contributed by atoms with Crippen LogP contribution in [0.4, 0.5) is 5.69 Å². The largest absolute Gasteiger partial charge is 0.493 e. The topological polar surface area (TPSA) is 80.9 Å². The lowest BCUT2D eigenvalue weighted by atomic mass is 10.1. The number of halogens is 4. The fourth-order valence-corrected chi connectivity index (χ4v) is 3.15. The van der Waals surface area contributed by atoms with Gasteiger partial charge in [-0.1, -0.05) is 46.4 Å². The molecule has 0 spiro atoms. The summed E-state index contributed by atoms with van der Waals surface area (Å²) in [6.45, 7) is 0. The predicted molar refractivity (Wildman–Crippen MR) is 128 cm³/mol. The molecule has 0 bridgehead atoms. The lowest BCUT2D eigenvalue weighted by Crippen LogP contribution is -2.56. The summed E-state index contributed by atoms with van der Waals surface area (Å²) in [7, 11) is 4.33. The number of benzene rings is 2. The van der Waals surface area contributed by atoms with Crippen molar-refractivity contribution in [3.63, 3.8) is 0 Å². The van der Waals surface area contributed by atoms with Crippen LogP contribution in [-0.2, 0) is 0 Å². The van der Waals surface area contributed by atoms with Crippen molar-refractivity contribution in [1.82, 2.24) is 10.6 Å². The zero-order chi connectivity index (χ0) is 23.2. The zero-order valence-corrected chi connectivity index (χ0v) is 20.4. The molecule has 1 amide bonds. The highest BCUT2D eigenvalue weighted by Gasteiger charge is 2.35. The number of rotatable bonds is 7. The smallest absolute Gasteiger partial charge is 0.253 e. The Labute approximate surface area is 205 Å². The number of methoxy groups -OCH3 is 3. The van der Waals surface area contributed by atoms with E-state index in [9.17, 15) is 4.79 Å². The maximum Gasteiger partial charge on any atom is 0.253 e. The molecular formula is C19H19Cl4N3O4S. The molecule has 0 aromatic heterocycles. The molecule has 0 fully saturated rings. The third-order valence-corrected chi connectivity index (χ3v) is 5.03. The molecule has 2 rings (SSSR count). The van der Waals surface area contributed by atoms with E-state index in [0.717, 1.165) is 0 Å². The molecule has 31 heavy (non-hydrogen) atoms. The first kappa shape index (κ1) is 25.4. The van der Waals surface area contributed by atoms with Gasteiger partial charge in [0.1, 0.15) is 6.17 Å². The van der Waals surface area contributed by atoms with Gasteiger partial charge in [0.25, 0.3) is 5.91 Å². The van der Waals surface area contributed by atoms with E-state index in [-0.39, 0.29) is 10.7 Å². The van der Waals surface area contributed by atoms with Gasteiger partial charge in [0, 0.05) is 16.3 Å². The number of thiocarbonyl (C=S) groups is 1. The number of carbonyl (C=O) groups excluding carboxylic acids is 1. The second-order valence-corrected chi connectivity index (χ2v) is 9.18. The molecule has 0 aliphatic heterocycles. The Bertz CT molecular complexity index is 914. The van der Waals surface area contributed by atoms with Gasteiger partial charge in [-0.05, 0) is 48.6 Å². The van der Waals surface area contributed by atoms with Gasteiger partial charge in [-0.3, -0.25) is 4.79 Å². The van der Waals surface area contributed by atoms with Gasteiger partial charge < -0.3 is 30.2 Å². The first-order chi connectivity index (χ1) is 14.6. The molecule has 12 heteroatoms. The number of ether oxygens (including phenoxy) is 3. The average Bonchev–Trinajstić information content (AvgIpc) is 2.72. The Morgan fingerprint density at radius 3 is 1.97 bits per heavy atom. The molecule has 0 radical (unpaired) electrons. The van der Waals surface area contributed by atoms with Crippen molar-refractivity contribution >= 4 is 75.3 Å². The molecule has 3 N–H and O–H groups in total. The minimum absolute atomic E-state index is 0.115. The van der Waals surface area contributed by atoms with E-state index in [4.69, 9.17) is 72.8 Å². The maximum atomic E-state index is 12.9. The van der Waals surface area contributed by atoms with Crippen LogP contribution in [0.2, 0.25) is 5.02 Å². The molecule has 2 aromatic rings. The third kappa shape index (κ3) is 7.08. The van der Waals surface area contributed by atoms with Crippen LogP contribution in [0.1, 0.15) is 10.4 Å². The summed E-state index contributed by atoms with van der Waals surface area (Å²) in [5.41, 5.74) is 0.841. The van der Waals surface area contributed by atoms with Gasteiger partial charge in [0.2, 0.25) is 9.54 Å². The van der Waals surface area contributed by atoms with Gasteiger partial charge >= 0.3 is 0 Å². The first-order valence-corrected chi connectivity index (χ1v) is 10.5. The normalized spacial score (nSPS) is 11.8. The van der Waals surface area contributed by atoms with E-state index in [2.05, 4.69) is 16.0 Å². The van der Waals surface area contributed by atoms with Crippen molar-refractivity contribution in [2.24, 2.45) is 0 Å². The van der Waals surface area contributed by atoms with Crippen molar-refractivity contribution in [2.45, 2.75) is 9.96 Å². The van der Waals surface area contributed by atoms with Gasteiger partial charge in [-0.2, -0.15) is 0 Å². The van der Waals surface area contributed by atoms with E-state index in [1.165, 1.54) is 33.5 Å². The van der Waals surface area contributed by atoms with E-state index in [1.54, 1.807) is 24.3 Å². The molecule has 0 heterocycles. The van der Waals surface area contributed by atoms with Crippen LogP contribution in [0.3, 0.4) is 0 Å². The highest BCUT2D eigenvalue weighted by atomic mass is 35.6. The Balaban J connectivity index is 2.19. The lowest BCUT2D eigenvalue weighted by Gasteiger charge is -2.28. The van der Waals surface area contributed by atoms with Gasteiger partial charge in [0.15, 0.2) is 16.6 Å². The van der Waals surface area contributed by atoms with Crippen LogP contribution < -0.4 is 30.2 Å². The van der Waals surface area contributed by atoms with Gasteiger partial charge in [-0.15, -0.1) is 0 Å². The highest BCUT2D eigenvalue weighted by Crippen LogP contribution is 2.38. The minimum Gasteiger partial charge on any atom is -0.493 e. The fourth-order valence-electron chi connectivity index (χ4n) is 2.46. The number of carbonyl (C=O) groups is 1. The molecular weight excluding hydrogens is 508 g/mol. The minimum atomic E-state index is -1.93. The van der Waals surface area contributed by atoms with Crippen LogP contribution in [0.5, 0.6) is 17.2 Å². The predicted octanol–water partition coefficient (Wildman–Crippen LogP) is 4.78. The molecule has 0 aliphatic rings. The van der Waals surface area contributed by atoms with Crippen molar-refractivity contribution in [1.29, 1.82) is 0 Å². The first-order valence-electron chi connectivity index (χ1n) is 8.59. The van der Waals surface area contributed by atoms with Crippen LogP contribution >= 0.6 is 58.6 Å². The number of hydrogen-bond acceptors (Lipinski definition) is 5. The molecule has 7 nitrogen and oxygen atoms in total. The standard InChI is InChI=1S/C19H19Cl4N3O4S/c1-28-13-8-10(9-14(29-2)15(13)30-3)16(27)25-17(19(21,22)23)26-18(31)24-12-6-4-11(20)5-7-12/h4-9,17H,1-3H3,(H,25,27)(H2,24,26,31). The average molecular weight is 527 g/mol. The van der Waals surface area contributed by atoms with Gasteiger partial charge in [-0.25, -0.2) is 0 Å².